The fourth-order valence-corrected chi connectivity index (χ4v) is 3.04. The average molecular weight is 349 g/mol. The summed E-state index contributed by atoms with van der Waals surface area (Å²) in [6, 6.07) is 5.89. The molecule has 1 saturated heterocycles. The van der Waals surface area contributed by atoms with Crippen LogP contribution in [-0.4, -0.2) is 58.5 Å². The zero-order valence-corrected chi connectivity index (χ0v) is 14.4. The van der Waals surface area contributed by atoms with Crippen molar-refractivity contribution in [2.45, 2.75) is 13.5 Å². The molecule has 1 fully saturated rings. The van der Waals surface area contributed by atoms with Gasteiger partial charge in [0.2, 0.25) is 0 Å². The summed E-state index contributed by atoms with van der Waals surface area (Å²) in [7, 11) is 0. The Balaban J connectivity index is 1.63. The zero-order chi connectivity index (χ0) is 17.1. The molecule has 8 heteroatoms. The van der Waals surface area contributed by atoms with E-state index in [1.807, 2.05) is 23.1 Å². The van der Waals surface area contributed by atoms with E-state index in [-0.39, 0.29) is 5.91 Å². The topological polar surface area (TPSA) is 80.3 Å². The maximum atomic E-state index is 12.5. The Kier molecular flexibility index (Phi) is 5.01. The smallest absolute Gasteiger partial charge is 0.276 e. The van der Waals surface area contributed by atoms with Gasteiger partial charge in [-0.05, 0) is 24.6 Å². The Bertz CT molecular complexity index is 723. The number of carbonyl (C=O) groups is 1. The summed E-state index contributed by atoms with van der Waals surface area (Å²) in [4.78, 5) is 16.6. The molecule has 24 heavy (non-hydrogen) atoms. The highest BCUT2D eigenvalue weighted by Crippen LogP contribution is 2.25. The Morgan fingerprint density at radius 1 is 1.29 bits per heavy atom. The minimum Gasteiger partial charge on any atom is -0.368 e. The van der Waals surface area contributed by atoms with Crippen molar-refractivity contribution in [1.29, 1.82) is 0 Å². The van der Waals surface area contributed by atoms with E-state index in [0.29, 0.717) is 31.9 Å². The van der Waals surface area contributed by atoms with E-state index in [1.54, 1.807) is 10.9 Å². The molecule has 0 atom stereocenters. The number of nitrogens with zero attached hydrogens (tertiary/aromatic N) is 5. The summed E-state index contributed by atoms with van der Waals surface area (Å²) in [5.74, 6) is -0.0827. The minimum absolute atomic E-state index is 0.0827. The Labute approximate surface area is 146 Å². The van der Waals surface area contributed by atoms with Gasteiger partial charge < -0.3 is 15.5 Å². The molecule has 1 aromatic carbocycles. The first-order valence-corrected chi connectivity index (χ1v) is 8.37. The summed E-state index contributed by atoms with van der Waals surface area (Å²) < 4.78 is 1.60. The van der Waals surface area contributed by atoms with Crippen LogP contribution < -0.4 is 10.6 Å². The molecule has 1 aliphatic rings. The number of nitrogens with two attached hydrogens (primary N) is 1. The van der Waals surface area contributed by atoms with Crippen molar-refractivity contribution in [2.24, 2.45) is 5.73 Å². The van der Waals surface area contributed by atoms with Crippen LogP contribution in [0.3, 0.4) is 0 Å². The van der Waals surface area contributed by atoms with Gasteiger partial charge in [-0.25, -0.2) is 0 Å². The van der Waals surface area contributed by atoms with Gasteiger partial charge in [0.05, 0.1) is 12.7 Å². The lowest BCUT2D eigenvalue weighted by molar-refractivity contribution is 0.0740. The molecule has 0 radical (unpaired) electrons. The molecule has 1 aliphatic heterocycles. The molecule has 0 saturated carbocycles. The third-order valence-electron chi connectivity index (χ3n) is 4.19. The van der Waals surface area contributed by atoms with Crippen LogP contribution in [-0.2, 0) is 6.54 Å². The van der Waals surface area contributed by atoms with Crippen molar-refractivity contribution in [3.63, 3.8) is 0 Å². The molecule has 0 aliphatic carbocycles. The fourth-order valence-electron chi connectivity index (χ4n) is 2.87. The van der Waals surface area contributed by atoms with Crippen LogP contribution in [0.15, 0.2) is 24.4 Å². The number of hydrogen-bond acceptors (Lipinski definition) is 5. The molecule has 0 unspecified atom stereocenters. The van der Waals surface area contributed by atoms with Crippen LogP contribution in [0.4, 0.5) is 5.69 Å². The third kappa shape index (κ3) is 3.52. The van der Waals surface area contributed by atoms with Crippen molar-refractivity contribution in [3.05, 3.63) is 40.7 Å². The molecule has 0 bridgehead atoms. The van der Waals surface area contributed by atoms with Crippen molar-refractivity contribution < 1.29 is 4.79 Å². The minimum atomic E-state index is -0.0827. The predicted octanol–water partition coefficient (Wildman–Crippen LogP) is 1.16. The first-order valence-electron chi connectivity index (χ1n) is 7.99. The van der Waals surface area contributed by atoms with Gasteiger partial charge in [-0.15, -0.1) is 5.10 Å². The Hall–Kier alpha value is -2.12. The molecule has 1 aromatic heterocycles. The molecule has 2 aromatic rings. The molecule has 128 valence electrons. The number of amides is 1. The first kappa shape index (κ1) is 16.7. The fraction of sp³-hybridized carbons (Fsp3) is 0.438. The summed E-state index contributed by atoms with van der Waals surface area (Å²) in [5.41, 5.74) is 8.17. The van der Waals surface area contributed by atoms with Gasteiger partial charge in [0.1, 0.15) is 0 Å². The van der Waals surface area contributed by atoms with Crippen LogP contribution in [0.5, 0.6) is 0 Å². The second-order valence-electron chi connectivity index (χ2n) is 5.87. The van der Waals surface area contributed by atoms with Gasteiger partial charge in [-0.3, -0.25) is 9.48 Å². The molecule has 1 amide bonds. The third-order valence-corrected chi connectivity index (χ3v) is 4.43. The average Bonchev–Trinajstić information content (AvgIpc) is 3.06. The number of aromatic nitrogens is 3. The molecule has 2 heterocycles. The monoisotopic (exact) mass is 348 g/mol. The largest absolute Gasteiger partial charge is 0.368 e. The quantitative estimate of drug-likeness (QED) is 0.896. The van der Waals surface area contributed by atoms with Gasteiger partial charge in [-0.1, -0.05) is 22.9 Å². The van der Waals surface area contributed by atoms with E-state index in [4.69, 9.17) is 17.3 Å². The highest BCUT2D eigenvalue weighted by Gasteiger charge is 2.24. The van der Waals surface area contributed by atoms with Crippen LogP contribution in [0.25, 0.3) is 0 Å². The molecule has 0 spiro atoms. The SMILES string of the molecule is Cc1ccc(Cl)cc1N1CCN(C(=O)c2cn(CCN)nn2)CC1. The molecule has 3 rings (SSSR count). The number of piperazine rings is 1. The lowest BCUT2D eigenvalue weighted by atomic mass is 10.1. The first-order chi connectivity index (χ1) is 11.6. The predicted molar refractivity (Wildman–Crippen MR) is 93.4 cm³/mol. The lowest BCUT2D eigenvalue weighted by Crippen LogP contribution is -2.49. The summed E-state index contributed by atoms with van der Waals surface area (Å²) in [6.07, 6.45) is 1.66. The normalized spacial score (nSPS) is 15.0. The Morgan fingerprint density at radius 3 is 2.75 bits per heavy atom. The summed E-state index contributed by atoms with van der Waals surface area (Å²) in [6.45, 7) is 5.92. The zero-order valence-electron chi connectivity index (χ0n) is 13.7. The van der Waals surface area contributed by atoms with Crippen molar-refractivity contribution in [1.82, 2.24) is 19.9 Å². The molecular weight excluding hydrogens is 328 g/mol. The lowest BCUT2D eigenvalue weighted by Gasteiger charge is -2.36. The van der Waals surface area contributed by atoms with Gasteiger partial charge >= 0.3 is 0 Å². The van der Waals surface area contributed by atoms with E-state index in [1.165, 1.54) is 5.56 Å². The maximum absolute atomic E-state index is 12.5. The molecule has 7 nitrogen and oxygen atoms in total. The van der Waals surface area contributed by atoms with E-state index in [2.05, 4.69) is 22.1 Å². The molecular formula is C16H21ClN6O. The Morgan fingerprint density at radius 2 is 2.04 bits per heavy atom. The van der Waals surface area contributed by atoms with Crippen molar-refractivity contribution in [3.8, 4) is 0 Å². The van der Waals surface area contributed by atoms with Crippen LogP contribution in [0.2, 0.25) is 5.02 Å². The van der Waals surface area contributed by atoms with Crippen LogP contribution in [0, 0.1) is 6.92 Å². The second kappa shape index (κ2) is 7.19. The van der Waals surface area contributed by atoms with Crippen LogP contribution >= 0.6 is 11.6 Å². The summed E-state index contributed by atoms with van der Waals surface area (Å²) >= 11 is 6.11. The van der Waals surface area contributed by atoms with E-state index < -0.39 is 0 Å². The number of halogens is 1. The van der Waals surface area contributed by atoms with Crippen molar-refractivity contribution >= 4 is 23.2 Å². The van der Waals surface area contributed by atoms with E-state index in [9.17, 15) is 4.79 Å². The number of benzene rings is 1. The van der Waals surface area contributed by atoms with Crippen LogP contribution in [0.1, 0.15) is 16.1 Å². The number of hydrogen-bond donors (Lipinski definition) is 1. The van der Waals surface area contributed by atoms with Crippen molar-refractivity contribution in [2.75, 3.05) is 37.6 Å². The number of anilines is 1. The second-order valence-corrected chi connectivity index (χ2v) is 6.30. The van der Waals surface area contributed by atoms with E-state index >= 15 is 0 Å². The van der Waals surface area contributed by atoms with Gasteiger partial charge in [-0.2, -0.15) is 0 Å². The maximum Gasteiger partial charge on any atom is 0.276 e. The number of carbonyl (C=O) groups excluding carboxylic acids is 1. The van der Waals surface area contributed by atoms with Gasteiger partial charge in [0, 0.05) is 43.4 Å². The summed E-state index contributed by atoms with van der Waals surface area (Å²) in [5, 5.41) is 8.60. The van der Waals surface area contributed by atoms with Gasteiger partial charge in [0.15, 0.2) is 5.69 Å². The van der Waals surface area contributed by atoms with Gasteiger partial charge in [0.25, 0.3) is 5.91 Å². The highest BCUT2D eigenvalue weighted by atomic mass is 35.5. The van der Waals surface area contributed by atoms with E-state index in [0.717, 1.165) is 23.8 Å². The number of aryl methyl sites for hydroxylation is 1. The standard InChI is InChI=1S/C16H21ClN6O/c1-12-2-3-13(17)10-15(12)21-6-8-22(9-7-21)16(24)14-11-23(5-4-18)20-19-14/h2-3,10-11H,4-9,18H2,1H3. The molecule has 2 N–H and O–H groups in total. The number of rotatable bonds is 4. The highest BCUT2D eigenvalue weighted by molar-refractivity contribution is 6.30.